The van der Waals surface area contributed by atoms with Gasteiger partial charge in [-0.2, -0.15) is 4.98 Å². The maximum absolute atomic E-state index is 13.2. The van der Waals surface area contributed by atoms with Crippen molar-refractivity contribution in [3.8, 4) is 11.5 Å². The van der Waals surface area contributed by atoms with Crippen molar-refractivity contribution in [3.63, 3.8) is 0 Å². The summed E-state index contributed by atoms with van der Waals surface area (Å²) in [6, 6.07) is 26.1. The fourth-order valence-electron chi connectivity index (χ4n) is 6.87. The summed E-state index contributed by atoms with van der Waals surface area (Å²) in [5.74, 6) is 1.96. The highest BCUT2D eigenvalue weighted by Crippen LogP contribution is 2.50. The number of aryl methyl sites for hydroxylation is 1. The zero-order valence-electron chi connectivity index (χ0n) is 27.1. The van der Waals surface area contributed by atoms with E-state index in [2.05, 4.69) is 15.0 Å². The van der Waals surface area contributed by atoms with Crippen LogP contribution in [0.2, 0.25) is 5.28 Å². The normalized spacial score (nSPS) is 21.6. The summed E-state index contributed by atoms with van der Waals surface area (Å²) in [5, 5.41) is 12.2. The SMILES string of the molecule is COc1ccc(C(OC[C@@]23CN(c4ccnc(Cl)n4)[C@@H]([C@H](n4cc(C)c(N)nc4=O)O2)[C@@H]3O)(c2ccccc2)c2ccc(OC)cc2)cc1. The van der Waals surface area contributed by atoms with Crippen molar-refractivity contribution in [2.45, 2.75) is 36.5 Å². The Labute approximate surface area is 287 Å². The van der Waals surface area contributed by atoms with Crippen molar-refractivity contribution >= 4 is 23.2 Å². The van der Waals surface area contributed by atoms with Gasteiger partial charge in [0, 0.05) is 18.0 Å². The molecule has 13 heteroatoms. The first-order valence-corrected chi connectivity index (χ1v) is 16.0. The Morgan fingerprint density at radius 1 is 0.959 bits per heavy atom. The molecular formula is C36H35ClN6O6. The number of halogens is 1. The second kappa shape index (κ2) is 12.8. The minimum atomic E-state index is -1.33. The van der Waals surface area contributed by atoms with Gasteiger partial charge in [0.2, 0.25) is 5.28 Å². The van der Waals surface area contributed by atoms with E-state index in [1.165, 1.54) is 10.8 Å². The molecule has 2 bridgehead atoms. The molecule has 0 amide bonds. The Bertz CT molecular complexity index is 1960. The summed E-state index contributed by atoms with van der Waals surface area (Å²) in [6.45, 7) is 1.83. The standard InChI is InChI=1S/C36H35ClN6O6/c1-22-19-42(34(45)41-31(22)38)32-29-30(44)35(49-32,20-43(29)28-17-18-39-33(37)40-28)21-48-36(23-7-5-4-6-8-23,24-9-13-26(46-2)14-10-24)25-11-15-27(47-3)16-12-25/h4-19,29-30,32,44H,20-21H2,1-3H3,(H2,38,41,45)/t29-,30+,32-,35-/m1/s1. The van der Waals surface area contributed by atoms with Gasteiger partial charge in [0.1, 0.15) is 46.5 Å². The molecule has 3 N–H and O–H groups in total. The summed E-state index contributed by atoms with van der Waals surface area (Å²) in [7, 11) is 3.23. The van der Waals surface area contributed by atoms with Crippen LogP contribution in [0.1, 0.15) is 28.5 Å². The highest BCUT2D eigenvalue weighted by atomic mass is 35.5. The van der Waals surface area contributed by atoms with Gasteiger partial charge < -0.3 is 34.7 Å². The van der Waals surface area contributed by atoms with Crippen LogP contribution in [0.5, 0.6) is 11.5 Å². The van der Waals surface area contributed by atoms with Crippen LogP contribution < -0.4 is 25.8 Å². The van der Waals surface area contributed by atoms with Crippen LogP contribution in [0.15, 0.2) is 102 Å². The number of fused-ring (bicyclic) bond motifs is 2. The van der Waals surface area contributed by atoms with Gasteiger partial charge in [-0.1, -0.05) is 54.6 Å². The fourth-order valence-corrected chi connectivity index (χ4v) is 7.01. The Balaban J connectivity index is 1.37. The van der Waals surface area contributed by atoms with Gasteiger partial charge in [0.05, 0.1) is 27.4 Å². The number of methoxy groups -OCH3 is 2. The smallest absolute Gasteiger partial charge is 0.351 e. The fraction of sp³-hybridized carbons (Fsp3) is 0.278. The van der Waals surface area contributed by atoms with E-state index in [1.807, 2.05) is 83.8 Å². The number of ether oxygens (including phenoxy) is 4. The first kappa shape index (κ1) is 32.5. The molecule has 252 valence electrons. The highest BCUT2D eigenvalue weighted by Gasteiger charge is 2.65. The molecule has 4 heterocycles. The number of nitrogens with zero attached hydrogens (tertiary/aromatic N) is 5. The molecule has 2 fully saturated rings. The molecule has 5 aromatic rings. The maximum atomic E-state index is 13.2. The molecule has 49 heavy (non-hydrogen) atoms. The number of morpholine rings is 1. The van der Waals surface area contributed by atoms with Crippen molar-refractivity contribution in [2.75, 3.05) is 38.0 Å². The van der Waals surface area contributed by atoms with Crippen LogP contribution >= 0.6 is 11.6 Å². The molecule has 0 aliphatic carbocycles. The zero-order valence-corrected chi connectivity index (χ0v) is 27.8. The number of aliphatic hydroxyl groups excluding tert-OH is 1. The van der Waals surface area contributed by atoms with E-state index in [0.29, 0.717) is 22.9 Å². The number of rotatable bonds is 10. The van der Waals surface area contributed by atoms with E-state index in [9.17, 15) is 9.90 Å². The molecule has 2 aromatic heterocycles. The van der Waals surface area contributed by atoms with Gasteiger partial charge >= 0.3 is 5.69 Å². The number of benzene rings is 3. The van der Waals surface area contributed by atoms with Crippen LogP contribution in [0.3, 0.4) is 0 Å². The number of nitrogens with two attached hydrogens (primary N) is 1. The van der Waals surface area contributed by atoms with Crippen LogP contribution in [0, 0.1) is 6.92 Å². The van der Waals surface area contributed by atoms with Crippen molar-refractivity contribution in [1.82, 2.24) is 19.5 Å². The third-order valence-electron chi connectivity index (χ3n) is 9.37. The molecule has 2 aliphatic heterocycles. The number of aromatic nitrogens is 4. The van der Waals surface area contributed by atoms with Gasteiger partial charge in [-0.25, -0.2) is 14.8 Å². The lowest BCUT2D eigenvalue weighted by molar-refractivity contribution is -0.159. The van der Waals surface area contributed by atoms with E-state index in [4.69, 9.17) is 36.3 Å². The molecule has 0 unspecified atom stereocenters. The molecule has 7 rings (SSSR count). The topological polar surface area (TPSA) is 147 Å². The quantitative estimate of drug-likeness (QED) is 0.162. The number of anilines is 2. The Morgan fingerprint density at radius 2 is 1.57 bits per heavy atom. The van der Waals surface area contributed by atoms with Gasteiger partial charge in [-0.3, -0.25) is 4.57 Å². The van der Waals surface area contributed by atoms with Crippen molar-refractivity contribution in [3.05, 3.63) is 135 Å². The summed E-state index contributed by atoms with van der Waals surface area (Å²) < 4.78 is 26.2. The van der Waals surface area contributed by atoms with Gasteiger partial charge in [0.15, 0.2) is 6.23 Å². The van der Waals surface area contributed by atoms with E-state index in [0.717, 1.165) is 16.7 Å². The predicted octanol–water partition coefficient (Wildman–Crippen LogP) is 4.12. The number of nitrogen functional groups attached to an aromatic ring is 1. The predicted molar refractivity (Wildman–Crippen MR) is 183 cm³/mol. The molecule has 0 radical (unpaired) electrons. The van der Waals surface area contributed by atoms with E-state index < -0.39 is 35.3 Å². The zero-order chi connectivity index (χ0) is 34.3. The van der Waals surface area contributed by atoms with Crippen LogP contribution in [-0.4, -0.2) is 69.7 Å². The Kier molecular flexibility index (Phi) is 8.49. The van der Waals surface area contributed by atoms with Crippen molar-refractivity contribution in [2.24, 2.45) is 0 Å². The first-order chi connectivity index (χ1) is 23.7. The molecule has 2 saturated heterocycles. The Morgan fingerprint density at radius 3 is 2.16 bits per heavy atom. The first-order valence-electron chi connectivity index (χ1n) is 15.6. The monoisotopic (exact) mass is 682 g/mol. The molecule has 12 nitrogen and oxygen atoms in total. The molecule has 0 saturated carbocycles. The average molecular weight is 683 g/mol. The molecular weight excluding hydrogens is 648 g/mol. The number of hydrogen-bond donors (Lipinski definition) is 2. The molecule has 0 spiro atoms. The summed E-state index contributed by atoms with van der Waals surface area (Å²) in [6.07, 6.45) is 1.03. The summed E-state index contributed by atoms with van der Waals surface area (Å²) >= 11 is 6.22. The van der Waals surface area contributed by atoms with Gasteiger partial charge in [-0.15, -0.1) is 0 Å². The second-order valence-corrected chi connectivity index (χ2v) is 12.5. The lowest BCUT2D eigenvalue weighted by Gasteiger charge is -2.41. The highest BCUT2D eigenvalue weighted by molar-refractivity contribution is 6.28. The van der Waals surface area contributed by atoms with E-state index >= 15 is 0 Å². The average Bonchev–Trinajstić information content (AvgIpc) is 3.57. The molecule has 3 aromatic carbocycles. The minimum Gasteiger partial charge on any atom is -0.497 e. The lowest BCUT2D eigenvalue weighted by atomic mass is 9.79. The van der Waals surface area contributed by atoms with Crippen molar-refractivity contribution in [1.29, 1.82) is 0 Å². The third-order valence-corrected chi connectivity index (χ3v) is 9.55. The third kappa shape index (κ3) is 5.56. The maximum Gasteiger partial charge on any atom is 0.351 e. The van der Waals surface area contributed by atoms with Crippen LogP contribution in [-0.2, 0) is 15.1 Å². The molecule has 4 atom stereocenters. The van der Waals surface area contributed by atoms with E-state index in [1.54, 1.807) is 33.4 Å². The van der Waals surface area contributed by atoms with Crippen LogP contribution in [0.25, 0.3) is 0 Å². The van der Waals surface area contributed by atoms with Crippen molar-refractivity contribution < 1.29 is 24.1 Å². The van der Waals surface area contributed by atoms with Crippen LogP contribution in [0.4, 0.5) is 11.6 Å². The summed E-state index contributed by atoms with van der Waals surface area (Å²) in [5.41, 5.74) is 5.88. The van der Waals surface area contributed by atoms with E-state index in [-0.39, 0.29) is 24.3 Å². The minimum absolute atomic E-state index is 0.0433. The van der Waals surface area contributed by atoms with Gasteiger partial charge in [0.25, 0.3) is 0 Å². The Hall–Kier alpha value is -5.01. The van der Waals surface area contributed by atoms with Gasteiger partial charge in [-0.05, 0) is 65.5 Å². The largest absolute Gasteiger partial charge is 0.497 e. The lowest BCUT2D eigenvalue weighted by Crippen LogP contribution is -2.51. The second-order valence-electron chi connectivity index (χ2n) is 12.1. The number of hydrogen-bond acceptors (Lipinski definition) is 11. The summed E-state index contributed by atoms with van der Waals surface area (Å²) in [4.78, 5) is 27.6. The molecule has 2 aliphatic rings. The number of aliphatic hydroxyl groups is 1.